The molecule has 0 spiro atoms. The number of benzene rings is 1. The predicted octanol–water partition coefficient (Wildman–Crippen LogP) is 1.69. The summed E-state index contributed by atoms with van der Waals surface area (Å²) in [6.45, 7) is 4.35. The van der Waals surface area contributed by atoms with Crippen LogP contribution < -0.4 is 16.0 Å². The van der Waals surface area contributed by atoms with E-state index in [2.05, 4.69) is 15.4 Å². The van der Waals surface area contributed by atoms with Gasteiger partial charge in [-0.25, -0.2) is 9.50 Å². The van der Waals surface area contributed by atoms with Crippen LogP contribution in [-0.4, -0.2) is 74.1 Å². The molecule has 1 fully saturated rings. The molecule has 11 nitrogen and oxygen atoms in total. The molecule has 0 bridgehead atoms. The number of nitrogens with zero attached hydrogens (tertiary/aromatic N) is 5. The van der Waals surface area contributed by atoms with Gasteiger partial charge in [-0.2, -0.15) is 18.3 Å². The largest absolute Gasteiger partial charge is 0.418 e. The number of aromatic nitrogens is 3. The minimum Gasteiger partial charge on any atom is -0.395 e. The highest BCUT2D eigenvalue weighted by atomic mass is 19.4. The Morgan fingerprint density at radius 3 is 2.55 bits per heavy atom. The highest BCUT2D eigenvalue weighted by Gasteiger charge is 2.44. The predicted molar refractivity (Wildman–Crippen MR) is 131 cm³/mol. The standard InChI is InChI=1S/C24H26F3N7O4/c1-13(36)33-8-7-32(22(38)23(33,2)3)18-10-14(4-5-15(18)21(37)29-6-9-35)17-11-16(24(25,26)27)19-20(28)30-12-31-34(17)19/h4-5,10-12,35H,6-9H2,1-3H3,(H,29,37)(H2,28,30,31). The smallest absolute Gasteiger partial charge is 0.395 e. The van der Waals surface area contributed by atoms with E-state index < -0.39 is 34.6 Å². The monoisotopic (exact) mass is 533 g/mol. The Hall–Kier alpha value is -4.20. The first-order chi connectivity index (χ1) is 17.8. The first kappa shape index (κ1) is 26.9. The van der Waals surface area contributed by atoms with E-state index in [1.807, 2.05) is 0 Å². The third kappa shape index (κ3) is 4.51. The Balaban J connectivity index is 1.91. The molecule has 3 heterocycles. The zero-order valence-corrected chi connectivity index (χ0v) is 20.8. The first-order valence-electron chi connectivity index (χ1n) is 11.6. The van der Waals surface area contributed by atoms with Crippen molar-refractivity contribution in [3.05, 3.63) is 41.7 Å². The molecular formula is C24H26F3N7O4. The lowest BCUT2D eigenvalue weighted by atomic mass is 9.95. The van der Waals surface area contributed by atoms with Crippen LogP contribution in [-0.2, 0) is 15.8 Å². The summed E-state index contributed by atoms with van der Waals surface area (Å²) in [7, 11) is 0. The van der Waals surface area contributed by atoms with Crippen LogP contribution in [0.2, 0.25) is 0 Å². The second-order valence-corrected chi connectivity index (χ2v) is 9.24. The fraction of sp³-hybridized carbons (Fsp3) is 0.375. The van der Waals surface area contributed by atoms with Crippen LogP contribution in [0, 0.1) is 0 Å². The van der Waals surface area contributed by atoms with Crippen molar-refractivity contribution in [1.29, 1.82) is 0 Å². The summed E-state index contributed by atoms with van der Waals surface area (Å²) in [5, 5.41) is 15.6. The number of piperazine rings is 1. The second-order valence-electron chi connectivity index (χ2n) is 9.24. The molecule has 4 N–H and O–H groups in total. The summed E-state index contributed by atoms with van der Waals surface area (Å²) in [4.78, 5) is 45.0. The molecule has 1 saturated heterocycles. The zero-order chi connectivity index (χ0) is 28.0. The Bertz CT molecular complexity index is 1430. The number of hydrogen-bond donors (Lipinski definition) is 3. The maximum atomic E-state index is 13.8. The highest BCUT2D eigenvalue weighted by molar-refractivity contribution is 6.09. The van der Waals surface area contributed by atoms with E-state index >= 15 is 0 Å². The van der Waals surface area contributed by atoms with Crippen LogP contribution in [0.4, 0.5) is 24.7 Å². The Morgan fingerprint density at radius 1 is 1.21 bits per heavy atom. The number of nitrogen functional groups attached to an aromatic ring is 1. The number of carbonyl (C=O) groups is 3. The van der Waals surface area contributed by atoms with Crippen LogP contribution in [0.3, 0.4) is 0 Å². The summed E-state index contributed by atoms with van der Waals surface area (Å²) in [5.74, 6) is -1.73. The molecule has 1 aliphatic heterocycles. The van der Waals surface area contributed by atoms with Crippen LogP contribution >= 0.6 is 0 Å². The van der Waals surface area contributed by atoms with Crippen molar-refractivity contribution in [3.63, 3.8) is 0 Å². The molecule has 2 aromatic heterocycles. The number of halogens is 3. The number of aliphatic hydroxyl groups is 1. The molecule has 1 aliphatic rings. The molecule has 202 valence electrons. The van der Waals surface area contributed by atoms with E-state index in [0.29, 0.717) is 0 Å². The lowest BCUT2D eigenvalue weighted by Crippen LogP contribution is -2.64. The van der Waals surface area contributed by atoms with Crippen molar-refractivity contribution in [2.45, 2.75) is 32.5 Å². The van der Waals surface area contributed by atoms with Gasteiger partial charge in [-0.3, -0.25) is 14.4 Å². The highest BCUT2D eigenvalue weighted by Crippen LogP contribution is 2.40. The van der Waals surface area contributed by atoms with Gasteiger partial charge < -0.3 is 26.0 Å². The summed E-state index contributed by atoms with van der Waals surface area (Å²) >= 11 is 0. The van der Waals surface area contributed by atoms with E-state index in [0.717, 1.165) is 16.9 Å². The molecule has 0 atom stereocenters. The fourth-order valence-electron chi connectivity index (χ4n) is 4.67. The summed E-state index contributed by atoms with van der Waals surface area (Å²) in [6, 6.07) is 5.11. The van der Waals surface area contributed by atoms with Crippen molar-refractivity contribution in [1.82, 2.24) is 24.8 Å². The normalized spacial score (nSPS) is 15.7. The average Bonchev–Trinajstić information content (AvgIpc) is 3.25. The number of nitrogens with two attached hydrogens (primary N) is 1. The molecule has 0 aliphatic carbocycles. The van der Waals surface area contributed by atoms with Gasteiger partial charge in [0, 0.05) is 32.1 Å². The molecule has 1 aromatic carbocycles. The van der Waals surface area contributed by atoms with E-state index in [1.54, 1.807) is 13.8 Å². The van der Waals surface area contributed by atoms with Gasteiger partial charge in [0.25, 0.3) is 11.8 Å². The maximum absolute atomic E-state index is 13.8. The van der Waals surface area contributed by atoms with E-state index in [4.69, 9.17) is 10.8 Å². The van der Waals surface area contributed by atoms with E-state index in [9.17, 15) is 27.6 Å². The van der Waals surface area contributed by atoms with Crippen LogP contribution in [0.1, 0.15) is 36.7 Å². The van der Waals surface area contributed by atoms with Gasteiger partial charge in [-0.15, -0.1) is 0 Å². The Kier molecular flexibility index (Phi) is 6.78. The SMILES string of the molecule is CC(=O)N1CCN(c2cc(-c3cc(C(F)(F)F)c4c(N)ncnn34)ccc2C(=O)NCCO)C(=O)C1(C)C. The minimum absolute atomic E-state index is 0.0130. The van der Waals surface area contributed by atoms with Gasteiger partial charge in [0.1, 0.15) is 17.4 Å². The molecular weight excluding hydrogens is 507 g/mol. The van der Waals surface area contributed by atoms with Crippen molar-refractivity contribution in [2.24, 2.45) is 0 Å². The van der Waals surface area contributed by atoms with Gasteiger partial charge in [0.15, 0.2) is 5.82 Å². The molecule has 38 heavy (non-hydrogen) atoms. The third-order valence-corrected chi connectivity index (χ3v) is 6.49. The van der Waals surface area contributed by atoms with Crippen LogP contribution in [0.25, 0.3) is 16.8 Å². The van der Waals surface area contributed by atoms with E-state index in [-0.39, 0.29) is 60.5 Å². The summed E-state index contributed by atoms with van der Waals surface area (Å²) < 4.78 is 42.5. The van der Waals surface area contributed by atoms with Gasteiger partial charge in [-0.1, -0.05) is 6.07 Å². The van der Waals surface area contributed by atoms with Crippen molar-refractivity contribution < 1.29 is 32.7 Å². The van der Waals surface area contributed by atoms with Gasteiger partial charge in [0.05, 0.1) is 29.1 Å². The van der Waals surface area contributed by atoms with Gasteiger partial charge in [-0.05, 0) is 32.0 Å². The number of alkyl halides is 3. The van der Waals surface area contributed by atoms with Crippen LogP contribution in [0.15, 0.2) is 30.6 Å². The maximum Gasteiger partial charge on any atom is 0.418 e. The lowest BCUT2D eigenvalue weighted by Gasteiger charge is -2.45. The molecule has 0 radical (unpaired) electrons. The molecule has 14 heteroatoms. The number of hydrogen-bond acceptors (Lipinski definition) is 7. The molecule has 4 rings (SSSR count). The summed E-state index contributed by atoms with van der Waals surface area (Å²) in [6.07, 6.45) is -3.73. The Labute approximate surface area is 215 Å². The van der Waals surface area contributed by atoms with Crippen molar-refractivity contribution >= 4 is 34.7 Å². The lowest BCUT2D eigenvalue weighted by molar-refractivity contribution is -0.145. The third-order valence-electron chi connectivity index (χ3n) is 6.49. The quantitative estimate of drug-likeness (QED) is 0.452. The van der Waals surface area contributed by atoms with E-state index in [1.165, 1.54) is 34.9 Å². The topological polar surface area (TPSA) is 146 Å². The number of amides is 3. The van der Waals surface area contributed by atoms with Gasteiger partial charge >= 0.3 is 6.18 Å². The first-order valence-corrected chi connectivity index (χ1v) is 11.6. The molecule has 0 saturated carbocycles. The molecule has 3 aromatic rings. The number of fused-ring (bicyclic) bond motifs is 1. The fourth-order valence-corrected chi connectivity index (χ4v) is 4.67. The second kappa shape index (κ2) is 9.59. The Morgan fingerprint density at radius 2 is 1.92 bits per heavy atom. The average molecular weight is 534 g/mol. The van der Waals surface area contributed by atoms with Crippen molar-refractivity contribution in [3.8, 4) is 11.3 Å². The molecule has 0 unspecified atom stereocenters. The van der Waals surface area contributed by atoms with Gasteiger partial charge in [0.2, 0.25) is 5.91 Å². The number of anilines is 2. The van der Waals surface area contributed by atoms with Crippen LogP contribution in [0.5, 0.6) is 0 Å². The number of rotatable bonds is 5. The minimum atomic E-state index is -4.75. The number of aliphatic hydroxyl groups excluding tert-OH is 1. The zero-order valence-electron chi connectivity index (χ0n) is 20.8. The van der Waals surface area contributed by atoms with Crippen molar-refractivity contribution in [2.75, 3.05) is 36.9 Å². The molecule has 3 amide bonds. The number of nitrogens with one attached hydrogen (secondary N) is 1. The summed E-state index contributed by atoms with van der Waals surface area (Å²) in [5.41, 5.74) is 3.48. The number of carbonyl (C=O) groups excluding carboxylic acids is 3.